The number of alkyl halides is 1. The average Bonchev–Trinajstić information content (AvgIpc) is 2.40. The van der Waals surface area contributed by atoms with Crippen LogP contribution >= 0.6 is 34.8 Å². The van der Waals surface area contributed by atoms with E-state index in [1.165, 1.54) is 25.7 Å². The number of carbonyl (C=O) groups is 1. The normalized spacial score (nSPS) is 13.7. The van der Waals surface area contributed by atoms with Crippen molar-refractivity contribution in [2.45, 2.75) is 64.2 Å². The first-order chi connectivity index (χ1) is 9.52. The Morgan fingerprint density at radius 2 is 1.70 bits per heavy atom. The number of hydrogen-bond acceptors (Lipinski definition) is 2. The predicted octanol–water partition coefficient (Wildman–Crippen LogP) is 5.84. The molecule has 0 spiro atoms. The number of allylic oxidation sites excluding steroid dienone is 1. The summed E-state index contributed by atoms with van der Waals surface area (Å²) < 4.78 is 5.09. The van der Waals surface area contributed by atoms with Crippen molar-refractivity contribution in [3.05, 3.63) is 10.6 Å². The van der Waals surface area contributed by atoms with Crippen molar-refractivity contribution < 1.29 is 9.53 Å². The Kier molecular flexibility index (Phi) is 12.8. The summed E-state index contributed by atoms with van der Waals surface area (Å²) in [6, 6.07) is 0. The lowest BCUT2D eigenvalue weighted by Gasteiger charge is -2.17. The van der Waals surface area contributed by atoms with Gasteiger partial charge in [0.25, 0.3) is 0 Å². The molecule has 0 fully saturated rings. The molecule has 0 aromatic heterocycles. The largest absolute Gasteiger partial charge is 0.465 e. The third-order valence-corrected chi connectivity index (χ3v) is 3.87. The van der Waals surface area contributed by atoms with Crippen molar-refractivity contribution in [1.29, 1.82) is 0 Å². The molecule has 0 rings (SSSR count). The molecule has 2 unspecified atom stereocenters. The number of esters is 1. The monoisotopic (exact) mass is 342 g/mol. The molecule has 0 aromatic carbocycles. The summed E-state index contributed by atoms with van der Waals surface area (Å²) >= 11 is 17.5. The molecule has 2 atom stereocenters. The molecule has 0 heterocycles. The Bertz CT molecular complexity index is 289. The first-order valence-corrected chi connectivity index (χ1v) is 8.55. The fraction of sp³-hybridized carbons (Fsp3) is 0.800. The molecule has 0 saturated carbocycles. The standard InChI is InChI=1S/C15H25Cl3O2/c1-3-5-6-7-8-9-10-12(11-13(16)17)14(18)15(19)20-4-2/h11-12,14H,3-10H2,1-2H3. The van der Waals surface area contributed by atoms with Crippen molar-refractivity contribution >= 4 is 40.8 Å². The van der Waals surface area contributed by atoms with Gasteiger partial charge in [-0.1, -0.05) is 68.7 Å². The molecule has 0 aliphatic carbocycles. The highest BCUT2D eigenvalue weighted by atomic mass is 35.5. The molecular weight excluding hydrogens is 319 g/mol. The Balaban J connectivity index is 4.22. The van der Waals surface area contributed by atoms with Gasteiger partial charge in [0.15, 0.2) is 0 Å². The van der Waals surface area contributed by atoms with Crippen molar-refractivity contribution in [3.8, 4) is 0 Å². The van der Waals surface area contributed by atoms with Crippen LogP contribution in [-0.4, -0.2) is 18.0 Å². The zero-order valence-corrected chi connectivity index (χ0v) is 14.6. The Morgan fingerprint density at radius 1 is 1.10 bits per heavy atom. The number of carbonyl (C=O) groups excluding carboxylic acids is 1. The summed E-state index contributed by atoms with van der Waals surface area (Å²) in [6.45, 7) is 4.28. The zero-order valence-electron chi connectivity index (χ0n) is 12.3. The molecule has 0 amide bonds. The maximum atomic E-state index is 11.7. The van der Waals surface area contributed by atoms with E-state index in [-0.39, 0.29) is 10.4 Å². The number of rotatable bonds is 11. The van der Waals surface area contributed by atoms with Crippen LogP contribution in [0.15, 0.2) is 10.6 Å². The molecule has 0 aliphatic rings. The Hall–Kier alpha value is 0.0800. The fourth-order valence-corrected chi connectivity index (χ4v) is 2.62. The highest BCUT2D eigenvalue weighted by molar-refractivity contribution is 6.55. The van der Waals surface area contributed by atoms with Crippen LogP contribution in [0.4, 0.5) is 0 Å². The summed E-state index contributed by atoms with van der Waals surface area (Å²) in [7, 11) is 0. The van der Waals surface area contributed by atoms with Crippen molar-refractivity contribution in [1.82, 2.24) is 0 Å². The predicted molar refractivity (Wildman–Crippen MR) is 87.5 cm³/mol. The third kappa shape index (κ3) is 9.90. The maximum Gasteiger partial charge on any atom is 0.324 e. The van der Waals surface area contributed by atoms with E-state index in [2.05, 4.69) is 6.92 Å². The van der Waals surface area contributed by atoms with Gasteiger partial charge >= 0.3 is 5.97 Å². The Morgan fingerprint density at radius 3 is 2.25 bits per heavy atom. The van der Waals surface area contributed by atoms with Gasteiger partial charge in [0, 0.05) is 5.92 Å². The van der Waals surface area contributed by atoms with E-state index in [4.69, 9.17) is 39.5 Å². The molecule has 2 nitrogen and oxygen atoms in total. The number of ether oxygens (including phenoxy) is 1. The van der Waals surface area contributed by atoms with E-state index in [0.717, 1.165) is 19.3 Å². The summed E-state index contributed by atoms with van der Waals surface area (Å²) in [4.78, 5) is 11.7. The summed E-state index contributed by atoms with van der Waals surface area (Å²) in [6.07, 6.45) is 9.56. The molecule has 0 saturated heterocycles. The van der Waals surface area contributed by atoms with Crippen LogP contribution in [-0.2, 0) is 9.53 Å². The molecule has 0 radical (unpaired) electrons. The van der Waals surface area contributed by atoms with Crippen LogP contribution in [0.1, 0.15) is 58.8 Å². The summed E-state index contributed by atoms with van der Waals surface area (Å²) in [5.74, 6) is -0.581. The molecule has 0 aliphatic heterocycles. The molecule has 5 heteroatoms. The summed E-state index contributed by atoms with van der Waals surface area (Å²) in [5.41, 5.74) is 0. The van der Waals surface area contributed by atoms with E-state index in [1.54, 1.807) is 13.0 Å². The second-order valence-electron chi connectivity index (χ2n) is 4.83. The van der Waals surface area contributed by atoms with Gasteiger partial charge in [-0.15, -0.1) is 11.6 Å². The van der Waals surface area contributed by atoms with Crippen molar-refractivity contribution in [2.24, 2.45) is 5.92 Å². The van der Waals surface area contributed by atoms with E-state index in [0.29, 0.717) is 6.61 Å². The zero-order chi connectivity index (χ0) is 15.4. The third-order valence-electron chi connectivity index (χ3n) is 3.12. The second-order valence-corrected chi connectivity index (χ2v) is 6.31. The van der Waals surface area contributed by atoms with Crippen molar-refractivity contribution in [2.75, 3.05) is 6.61 Å². The average molecular weight is 344 g/mol. The van der Waals surface area contributed by atoms with E-state index in [1.807, 2.05) is 0 Å². The summed E-state index contributed by atoms with van der Waals surface area (Å²) in [5, 5.41) is -0.724. The minimum Gasteiger partial charge on any atom is -0.465 e. The quantitative estimate of drug-likeness (QED) is 0.267. The Labute approximate surface area is 137 Å². The minimum absolute atomic E-state index is 0.149. The highest BCUT2D eigenvalue weighted by Crippen LogP contribution is 2.25. The number of hydrogen-bond donors (Lipinski definition) is 0. The first-order valence-electron chi connectivity index (χ1n) is 7.36. The lowest BCUT2D eigenvalue weighted by molar-refractivity contribution is -0.143. The number of halogens is 3. The van der Waals surface area contributed by atoms with Gasteiger partial charge in [-0.05, 0) is 19.4 Å². The molecule has 118 valence electrons. The smallest absolute Gasteiger partial charge is 0.324 e. The van der Waals surface area contributed by atoms with Crippen LogP contribution in [0.25, 0.3) is 0 Å². The number of unbranched alkanes of at least 4 members (excludes halogenated alkanes) is 5. The highest BCUT2D eigenvalue weighted by Gasteiger charge is 2.25. The second kappa shape index (κ2) is 12.8. The molecular formula is C15H25Cl3O2. The molecule has 0 N–H and O–H groups in total. The van der Waals surface area contributed by atoms with Crippen LogP contribution in [0.5, 0.6) is 0 Å². The SMILES string of the molecule is CCCCCCCCC(C=C(Cl)Cl)C(Cl)C(=O)OCC. The van der Waals surface area contributed by atoms with E-state index < -0.39 is 11.3 Å². The van der Waals surface area contributed by atoms with Gasteiger partial charge in [0.1, 0.15) is 9.87 Å². The van der Waals surface area contributed by atoms with Crippen LogP contribution in [0.3, 0.4) is 0 Å². The van der Waals surface area contributed by atoms with Gasteiger partial charge < -0.3 is 4.74 Å². The fourth-order valence-electron chi connectivity index (χ4n) is 2.03. The minimum atomic E-state index is -0.724. The van der Waals surface area contributed by atoms with Gasteiger partial charge in [-0.3, -0.25) is 4.79 Å². The molecule has 0 aromatic rings. The maximum absolute atomic E-state index is 11.7. The first kappa shape index (κ1) is 20.1. The van der Waals surface area contributed by atoms with Crippen molar-refractivity contribution in [3.63, 3.8) is 0 Å². The van der Waals surface area contributed by atoms with Crippen LogP contribution in [0.2, 0.25) is 0 Å². The van der Waals surface area contributed by atoms with E-state index in [9.17, 15) is 4.79 Å². The topological polar surface area (TPSA) is 26.3 Å². The van der Waals surface area contributed by atoms with Gasteiger partial charge in [0.2, 0.25) is 0 Å². The van der Waals surface area contributed by atoms with Gasteiger partial charge in [-0.25, -0.2) is 0 Å². The molecule has 20 heavy (non-hydrogen) atoms. The molecule has 0 bridgehead atoms. The van der Waals surface area contributed by atoms with Crippen LogP contribution < -0.4 is 0 Å². The van der Waals surface area contributed by atoms with Crippen LogP contribution in [0, 0.1) is 5.92 Å². The van der Waals surface area contributed by atoms with Gasteiger partial charge in [-0.2, -0.15) is 0 Å². The lowest BCUT2D eigenvalue weighted by atomic mass is 9.97. The van der Waals surface area contributed by atoms with E-state index >= 15 is 0 Å². The lowest BCUT2D eigenvalue weighted by Crippen LogP contribution is -2.25. The van der Waals surface area contributed by atoms with Gasteiger partial charge in [0.05, 0.1) is 6.61 Å².